The van der Waals surface area contributed by atoms with E-state index in [1.54, 1.807) is 0 Å². The number of unbranched alkanes of at least 4 members (excludes halogenated alkanes) is 6. The van der Waals surface area contributed by atoms with E-state index in [4.69, 9.17) is 5.21 Å². The Kier molecular flexibility index (Phi) is 12.7. The van der Waals surface area contributed by atoms with Crippen LogP contribution in [-0.2, 0) is 14.4 Å². The molecule has 0 aliphatic rings. The summed E-state index contributed by atoms with van der Waals surface area (Å²) in [6, 6.07) is -0.814. The molecule has 0 aliphatic heterocycles. The number of aliphatic hydroxyl groups excluding tert-OH is 1. The Morgan fingerprint density at radius 1 is 0.893 bits per heavy atom. The van der Waals surface area contributed by atoms with Crippen LogP contribution in [0.1, 0.15) is 79.1 Å². The highest BCUT2D eigenvalue weighted by Crippen LogP contribution is 2.22. The quantitative estimate of drug-likeness (QED) is 0.183. The fourth-order valence-electron chi connectivity index (χ4n) is 3.07. The maximum Gasteiger partial charge on any atom is 0.272 e. The molecule has 28 heavy (non-hydrogen) atoms. The van der Waals surface area contributed by atoms with Crippen molar-refractivity contribution in [3.8, 4) is 0 Å². The molecule has 5 N–H and O–H groups in total. The van der Waals surface area contributed by atoms with Gasteiger partial charge in [0.2, 0.25) is 11.8 Å². The minimum Gasteiger partial charge on any atom is -0.382 e. The lowest BCUT2D eigenvalue weighted by molar-refractivity contribution is -0.147. The van der Waals surface area contributed by atoms with Gasteiger partial charge in [-0.15, -0.1) is 0 Å². The lowest BCUT2D eigenvalue weighted by atomic mass is 9.85. The molecule has 0 aliphatic carbocycles. The van der Waals surface area contributed by atoms with Crippen LogP contribution in [0.25, 0.3) is 0 Å². The number of nitrogens with one attached hydrogen (secondary N) is 3. The molecule has 0 saturated carbocycles. The second-order valence-electron chi connectivity index (χ2n) is 8.36. The van der Waals surface area contributed by atoms with Gasteiger partial charge in [0.1, 0.15) is 12.1 Å². The summed E-state index contributed by atoms with van der Waals surface area (Å²) in [4.78, 5) is 36.6. The Bertz CT molecular complexity index is 491. The molecule has 3 atom stereocenters. The SMILES string of the molecule is CCCCCCCCC[C@@H](C(=O)N[C@H](C(=O)NC)C(C)(C)C)[C@H](O)C(=O)NO. The van der Waals surface area contributed by atoms with Gasteiger partial charge < -0.3 is 15.7 Å². The minimum atomic E-state index is -1.68. The van der Waals surface area contributed by atoms with Crippen LogP contribution in [0.15, 0.2) is 0 Å². The van der Waals surface area contributed by atoms with E-state index >= 15 is 0 Å². The molecule has 164 valence electrons. The van der Waals surface area contributed by atoms with Crippen LogP contribution in [0.3, 0.4) is 0 Å². The Balaban J connectivity index is 5.00. The molecule has 0 aromatic heterocycles. The first-order valence-electron chi connectivity index (χ1n) is 10.2. The van der Waals surface area contributed by atoms with Crippen molar-refractivity contribution in [3.05, 3.63) is 0 Å². The van der Waals surface area contributed by atoms with Gasteiger partial charge in [0.15, 0.2) is 0 Å². The number of carbonyl (C=O) groups excluding carboxylic acids is 3. The smallest absolute Gasteiger partial charge is 0.272 e. The number of amides is 3. The zero-order chi connectivity index (χ0) is 21.7. The van der Waals surface area contributed by atoms with Gasteiger partial charge in [-0.25, -0.2) is 5.48 Å². The van der Waals surface area contributed by atoms with Gasteiger partial charge in [0.25, 0.3) is 5.91 Å². The number of aliphatic hydroxyl groups is 1. The molecule has 0 unspecified atom stereocenters. The van der Waals surface area contributed by atoms with Gasteiger partial charge in [0.05, 0.1) is 5.92 Å². The van der Waals surface area contributed by atoms with E-state index in [1.165, 1.54) is 31.8 Å². The predicted octanol–water partition coefficient (Wildman–Crippen LogP) is 1.89. The van der Waals surface area contributed by atoms with Gasteiger partial charge >= 0.3 is 0 Å². The van der Waals surface area contributed by atoms with Gasteiger partial charge in [-0.2, -0.15) is 0 Å². The molecule has 0 aromatic rings. The maximum absolute atomic E-state index is 12.8. The monoisotopic (exact) mass is 401 g/mol. The number of carbonyl (C=O) groups is 3. The number of rotatable bonds is 13. The summed E-state index contributed by atoms with van der Waals surface area (Å²) in [5, 5.41) is 24.2. The molecular formula is C20H39N3O5. The Morgan fingerprint density at radius 3 is 1.89 bits per heavy atom. The van der Waals surface area contributed by atoms with Crippen molar-refractivity contribution in [3.63, 3.8) is 0 Å². The minimum absolute atomic E-state index is 0.290. The molecule has 3 amide bonds. The highest BCUT2D eigenvalue weighted by molar-refractivity contribution is 5.92. The van der Waals surface area contributed by atoms with Crippen molar-refractivity contribution in [2.45, 2.75) is 91.2 Å². The standard InChI is InChI=1S/C20H39N3O5/c1-6-7-8-9-10-11-12-13-14(15(24)18(26)23-28)17(25)22-16(19(27)21-5)20(2,3)4/h14-16,24,28H,6-13H2,1-5H3,(H,21,27)(H,22,25)(H,23,26)/t14-,15+,16-/m1/s1. The first kappa shape index (κ1) is 26.3. The van der Waals surface area contributed by atoms with E-state index in [1.807, 2.05) is 20.8 Å². The van der Waals surface area contributed by atoms with E-state index in [0.29, 0.717) is 12.8 Å². The van der Waals surface area contributed by atoms with Crippen molar-refractivity contribution in [2.75, 3.05) is 7.05 Å². The number of likely N-dealkylation sites (N-methyl/N-ethyl adjacent to an activating group) is 1. The van der Waals surface area contributed by atoms with Crippen LogP contribution in [0, 0.1) is 11.3 Å². The zero-order valence-corrected chi connectivity index (χ0v) is 18.0. The largest absolute Gasteiger partial charge is 0.382 e. The topological polar surface area (TPSA) is 128 Å². The van der Waals surface area contributed by atoms with Crippen molar-refractivity contribution < 1.29 is 24.7 Å². The summed E-state index contributed by atoms with van der Waals surface area (Å²) in [7, 11) is 1.48. The van der Waals surface area contributed by atoms with Gasteiger partial charge in [-0.3, -0.25) is 19.6 Å². The number of hydrogen-bond donors (Lipinski definition) is 5. The normalized spacial score (nSPS) is 14.7. The van der Waals surface area contributed by atoms with Crippen LogP contribution in [-0.4, -0.2) is 47.2 Å². The van der Waals surface area contributed by atoms with Crippen molar-refractivity contribution in [1.82, 2.24) is 16.1 Å². The maximum atomic E-state index is 12.8. The van der Waals surface area contributed by atoms with Crippen LogP contribution in [0.2, 0.25) is 0 Å². The third kappa shape index (κ3) is 9.50. The van der Waals surface area contributed by atoms with Crippen LogP contribution in [0.4, 0.5) is 0 Å². The fraction of sp³-hybridized carbons (Fsp3) is 0.850. The third-order valence-electron chi connectivity index (χ3n) is 4.88. The van der Waals surface area contributed by atoms with E-state index in [9.17, 15) is 19.5 Å². The lowest BCUT2D eigenvalue weighted by Gasteiger charge is -2.32. The summed E-state index contributed by atoms with van der Waals surface area (Å²) in [5.74, 6) is -3.00. The van der Waals surface area contributed by atoms with E-state index < -0.39 is 35.3 Å². The summed E-state index contributed by atoms with van der Waals surface area (Å²) >= 11 is 0. The molecule has 8 nitrogen and oxygen atoms in total. The molecular weight excluding hydrogens is 362 g/mol. The molecule has 0 spiro atoms. The fourth-order valence-corrected chi connectivity index (χ4v) is 3.07. The van der Waals surface area contributed by atoms with Crippen molar-refractivity contribution in [2.24, 2.45) is 11.3 Å². The van der Waals surface area contributed by atoms with Crippen molar-refractivity contribution >= 4 is 17.7 Å². The average Bonchev–Trinajstić information content (AvgIpc) is 2.65. The van der Waals surface area contributed by atoms with Gasteiger partial charge in [-0.05, 0) is 11.8 Å². The molecule has 0 saturated heterocycles. The molecule has 0 rings (SSSR count). The second kappa shape index (κ2) is 13.5. The van der Waals surface area contributed by atoms with Gasteiger partial charge in [-0.1, -0.05) is 72.6 Å². The summed E-state index contributed by atoms with van der Waals surface area (Å²) in [5.41, 5.74) is 0.842. The Labute approximate surface area is 168 Å². The van der Waals surface area contributed by atoms with Crippen molar-refractivity contribution in [1.29, 1.82) is 0 Å². The van der Waals surface area contributed by atoms with Crippen LogP contribution >= 0.6 is 0 Å². The van der Waals surface area contributed by atoms with E-state index in [-0.39, 0.29) is 5.91 Å². The predicted molar refractivity (Wildman–Crippen MR) is 107 cm³/mol. The van der Waals surface area contributed by atoms with E-state index in [0.717, 1.165) is 19.3 Å². The zero-order valence-electron chi connectivity index (χ0n) is 18.0. The number of hydroxylamine groups is 1. The average molecular weight is 402 g/mol. The molecule has 0 radical (unpaired) electrons. The molecule has 0 heterocycles. The summed E-state index contributed by atoms with van der Waals surface area (Å²) in [6.07, 6.45) is 5.86. The molecule has 8 heteroatoms. The Morgan fingerprint density at radius 2 is 1.43 bits per heavy atom. The second-order valence-corrected chi connectivity index (χ2v) is 8.36. The Hall–Kier alpha value is -1.67. The molecule has 0 aromatic carbocycles. The van der Waals surface area contributed by atoms with Crippen LogP contribution < -0.4 is 16.1 Å². The third-order valence-corrected chi connectivity index (χ3v) is 4.88. The summed E-state index contributed by atoms with van der Waals surface area (Å²) in [6.45, 7) is 7.60. The van der Waals surface area contributed by atoms with Crippen LogP contribution in [0.5, 0.6) is 0 Å². The highest BCUT2D eigenvalue weighted by atomic mass is 16.5. The molecule has 0 bridgehead atoms. The molecule has 0 fully saturated rings. The first-order chi connectivity index (χ1) is 13.1. The summed E-state index contributed by atoms with van der Waals surface area (Å²) < 4.78 is 0. The highest BCUT2D eigenvalue weighted by Gasteiger charge is 2.37. The lowest BCUT2D eigenvalue weighted by Crippen LogP contribution is -2.56. The number of hydrogen-bond acceptors (Lipinski definition) is 5. The van der Waals surface area contributed by atoms with Gasteiger partial charge in [0, 0.05) is 7.05 Å². The van der Waals surface area contributed by atoms with E-state index in [2.05, 4.69) is 17.6 Å². The first-order valence-corrected chi connectivity index (χ1v) is 10.2.